The molecule has 0 spiro atoms. The molecule has 0 atom stereocenters. The minimum absolute atomic E-state index is 0.0458. The summed E-state index contributed by atoms with van der Waals surface area (Å²) in [7, 11) is -3.89. The molecule has 0 aliphatic heterocycles. The van der Waals surface area contributed by atoms with E-state index in [0.717, 1.165) is 5.56 Å². The van der Waals surface area contributed by atoms with Gasteiger partial charge in [0.2, 0.25) is 0 Å². The van der Waals surface area contributed by atoms with E-state index in [0.29, 0.717) is 24.5 Å². The number of ketones is 1. The van der Waals surface area contributed by atoms with Gasteiger partial charge in [0, 0.05) is 23.4 Å². The van der Waals surface area contributed by atoms with Crippen LogP contribution in [0.4, 0.5) is 5.69 Å². The number of rotatable bonds is 10. The lowest BCUT2D eigenvalue weighted by Gasteiger charge is -2.14. The molecule has 0 bridgehead atoms. The molecule has 0 saturated carbocycles. The second-order valence-electron chi connectivity index (χ2n) is 6.37. The zero-order chi connectivity index (χ0) is 21.4. The molecule has 8 heteroatoms. The van der Waals surface area contributed by atoms with Crippen LogP contribution in [0, 0.1) is 0 Å². The van der Waals surface area contributed by atoms with Crippen LogP contribution in [0.15, 0.2) is 47.4 Å². The Morgan fingerprint density at radius 3 is 2.34 bits per heavy atom. The molecule has 0 aliphatic carbocycles. The number of sulfonamides is 1. The maximum atomic E-state index is 12.7. The smallest absolute Gasteiger partial charge is 0.305 e. The summed E-state index contributed by atoms with van der Waals surface area (Å²) in [5.41, 5.74) is 1.38. The number of nitrogens with one attached hydrogen (secondary N) is 1. The minimum atomic E-state index is -3.89. The van der Waals surface area contributed by atoms with Crippen molar-refractivity contribution in [1.82, 2.24) is 0 Å². The van der Waals surface area contributed by atoms with E-state index >= 15 is 0 Å². The fraction of sp³-hybridized carbons (Fsp3) is 0.333. The Kier molecular flexibility index (Phi) is 8.22. The maximum Gasteiger partial charge on any atom is 0.305 e. The van der Waals surface area contributed by atoms with Crippen molar-refractivity contribution in [2.45, 2.75) is 44.4 Å². The highest BCUT2D eigenvalue weighted by Gasteiger charge is 2.19. The molecule has 0 fully saturated rings. The number of hydrogen-bond acceptors (Lipinski definition) is 5. The highest BCUT2D eigenvalue weighted by molar-refractivity contribution is 7.92. The molecule has 6 nitrogen and oxygen atoms in total. The number of aryl methyl sites for hydroxylation is 1. The van der Waals surface area contributed by atoms with Crippen LogP contribution in [0.2, 0.25) is 5.02 Å². The summed E-state index contributed by atoms with van der Waals surface area (Å²) in [6.07, 6.45) is 1.27. The monoisotopic (exact) mass is 437 g/mol. The van der Waals surface area contributed by atoms with E-state index < -0.39 is 10.0 Å². The van der Waals surface area contributed by atoms with Gasteiger partial charge in [0.1, 0.15) is 0 Å². The third kappa shape index (κ3) is 6.58. The van der Waals surface area contributed by atoms with Crippen LogP contribution in [-0.4, -0.2) is 26.8 Å². The van der Waals surface area contributed by atoms with Crippen molar-refractivity contribution in [3.63, 3.8) is 0 Å². The first-order valence-electron chi connectivity index (χ1n) is 9.37. The molecule has 2 aromatic rings. The van der Waals surface area contributed by atoms with Gasteiger partial charge in [0.05, 0.1) is 17.2 Å². The van der Waals surface area contributed by atoms with Gasteiger partial charge in [-0.3, -0.25) is 14.3 Å². The molecule has 29 heavy (non-hydrogen) atoms. The van der Waals surface area contributed by atoms with E-state index in [4.69, 9.17) is 16.3 Å². The standard InChI is InChI=1S/C21H24ClNO5S/c1-3-15-8-13-18(20(24)6-5-7-21(25)28-4-2)19(14-15)23-29(26,27)17-11-9-16(22)10-12-17/h8-14,23H,3-7H2,1-2H3. The van der Waals surface area contributed by atoms with Crippen LogP contribution in [0.3, 0.4) is 0 Å². The van der Waals surface area contributed by atoms with Gasteiger partial charge in [-0.25, -0.2) is 8.42 Å². The van der Waals surface area contributed by atoms with E-state index in [1.807, 2.05) is 6.92 Å². The summed E-state index contributed by atoms with van der Waals surface area (Å²) >= 11 is 5.83. The first kappa shape index (κ1) is 22.9. The molecule has 2 aromatic carbocycles. The van der Waals surface area contributed by atoms with Gasteiger partial charge in [-0.2, -0.15) is 0 Å². The van der Waals surface area contributed by atoms with Crippen LogP contribution in [-0.2, 0) is 26.0 Å². The number of esters is 1. The van der Waals surface area contributed by atoms with Gasteiger partial charge in [0.25, 0.3) is 10.0 Å². The maximum absolute atomic E-state index is 12.7. The topological polar surface area (TPSA) is 89.5 Å². The van der Waals surface area contributed by atoms with E-state index in [9.17, 15) is 18.0 Å². The number of hydrogen-bond donors (Lipinski definition) is 1. The number of Topliss-reactive ketones (excluding diaryl/α,β-unsaturated/α-hetero) is 1. The van der Waals surface area contributed by atoms with E-state index in [1.54, 1.807) is 25.1 Å². The molecular weight excluding hydrogens is 414 g/mol. The van der Waals surface area contributed by atoms with Crippen molar-refractivity contribution >= 4 is 39.1 Å². The van der Waals surface area contributed by atoms with Crippen molar-refractivity contribution in [3.05, 3.63) is 58.6 Å². The second-order valence-corrected chi connectivity index (χ2v) is 8.49. The van der Waals surface area contributed by atoms with Crippen LogP contribution in [0.1, 0.15) is 49.0 Å². The van der Waals surface area contributed by atoms with Gasteiger partial charge < -0.3 is 4.74 Å². The third-order valence-corrected chi connectivity index (χ3v) is 5.88. The number of anilines is 1. The normalized spacial score (nSPS) is 11.1. The summed E-state index contributed by atoms with van der Waals surface area (Å²) in [6, 6.07) is 10.8. The SMILES string of the molecule is CCOC(=O)CCCC(=O)c1ccc(CC)cc1NS(=O)(=O)c1ccc(Cl)cc1. The van der Waals surface area contributed by atoms with Gasteiger partial charge >= 0.3 is 5.97 Å². The van der Waals surface area contributed by atoms with E-state index in [2.05, 4.69) is 4.72 Å². The van der Waals surface area contributed by atoms with E-state index in [-0.39, 0.29) is 40.7 Å². The molecule has 1 N–H and O–H groups in total. The van der Waals surface area contributed by atoms with Crippen molar-refractivity contribution in [1.29, 1.82) is 0 Å². The van der Waals surface area contributed by atoms with Crippen LogP contribution >= 0.6 is 11.6 Å². The largest absolute Gasteiger partial charge is 0.466 e. The summed E-state index contributed by atoms with van der Waals surface area (Å²) in [5, 5.41) is 0.425. The third-order valence-electron chi connectivity index (χ3n) is 4.25. The van der Waals surface area contributed by atoms with Crippen LogP contribution in [0.5, 0.6) is 0 Å². The number of carbonyl (C=O) groups is 2. The number of ether oxygens (including phenoxy) is 1. The molecule has 0 heterocycles. The van der Waals surface area contributed by atoms with Crippen LogP contribution in [0.25, 0.3) is 0 Å². The molecule has 0 aliphatic rings. The summed E-state index contributed by atoms with van der Waals surface area (Å²) < 4.78 is 32.8. The molecule has 0 unspecified atom stereocenters. The van der Waals surface area contributed by atoms with Crippen molar-refractivity contribution < 1.29 is 22.7 Å². The summed E-state index contributed by atoms with van der Waals surface area (Å²) in [5.74, 6) is -0.601. The number of carbonyl (C=O) groups excluding carboxylic acids is 2. The molecule has 2 rings (SSSR count). The number of halogens is 1. The van der Waals surface area contributed by atoms with Gasteiger partial charge in [0.15, 0.2) is 5.78 Å². The summed E-state index contributed by atoms with van der Waals surface area (Å²) in [6.45, 7) is 3.95. The molecular formula is C21H24ClNO5S. The molecule has 0 radical (unpaired) electrons. The van der Waals surface area contributed by atoms with Crippen molar-refractivity contribution in [2.24, 2.45) is 0 Å². The Morgan fingerprint density at radius 2 is 1.72 bits per heavy atom. The molecule has 156 valence electrons. The minimum Gasteiger partial charge on any atom is -0.466 e. The lowest BCUT2D eigenvalue weighted by atomic mass is 10.0. The fourth-order valence-electron chi connectivity index (χ4n) is 2.72. The summed E-state index contributed by atoms with van der Waals surface area (Å²) in [4.78, 5) is 24.2. The fourth-order valence-corrected chi connectivity index (χ4v) is 3.91. The van der Waals surface area contributed by atoms with E-state index in [1.165, 1.54) is 24.3 Å². The zero-order valence-corrected chi connectivity index (χ0v) is 18.0. The van der Waals surface area contributed by atoms with Gasteiger partial charge in [-0.15, -0.1) is 0 Å². The first-order valence-corrected chi connectivity index (χ1v) is 11.2. The van der Waals surface area contributed by atoms with Gasteiger partial charge in [-0.1, -0.05) is 24.6 Å². The van der Waals surface area contributed by atoms with Crippen molar-refractivity contribution in [2.75, 3.05) is 11.3 Å². The van der Waals surface area contributed by atoms with Crippen LogP contribution < -0.4 is 4.72 Å². The lowest BCUT2D eigenvalue weighted by molar-refractivity contribution is -0.143. The lowest BCUT2D eigenvalue weighted by Crippen LogP contribution is -2.16. The quantitative estimate of drug-likeness (QED) is 0.432. The Morgan fingerprint density at radius 1 is 1.03 bits per heavy atom. The predicted molar refractivity (Wildman–Crippen MR) is 113 cm³/mol. The first-order chi connectivity index (χ1) is 13.8. The molecule has 0 aromatic heterocycles. The van der Waals surface area contributed by atoms with Gasteiger partial charge in [-0.05, 0) is 61.7 Å². The molecule has 0 amide bonds. The zero-order valence-electron chi connectivity index (χ0n) is 16.4. The molecule has 0 saturated heterocycles. The highest BCUT2D eigenvalue weighted by Crippen LogP contribution is 2.25. The number of benzene rings is 2. The average molecular weight is 438 g/mol. The Labute approximate surface area is 176 Å². The Balaban J connectivity index is 2.23. The second kappa shape index (κ2) is 10.4. The van der Waals surface area contributed by atoms with Crippen molar-refractivity contribution in [3.8, 4) is 0 Å². The average Bonchev–Trinajstić information content (AvgIpc) is 2.68. The Hall–Kier alpha value is -2.38. The predicted octanol–water partition coefficient (Wildman–Crippen LogP) is 4.62. The highest BCUT2D eigenvalue weighted by atomic mass is 35.5. The Bertz CT molecular complexity index is 971.